The SMILES string of the molecule is O=C(c1ccncc1)N1CCC(NS(=O)(=O)c2ccccc2Cl)CC1. The summed E-state index contributed by atoms with van der Waals surface area (Å²) < 4.78 is 27.6. The number of rotatable bonds is 4. The van der Waals surface area contributed by atoms with Crippen LogP contribution in [0.3, 0.4) is 0 Å². The van der Waals surface area contributed by atoms with Crippen LogP contribution in [0, 0.1) is 0 Å². The van der Waals surface area contributed by atoms with E-state index in [9.17, 15) is 13.2 Å². The van der Waals surface area contributed by atoms with E-state index >= 15 is 0 Å². The molecule has 6 nitrogen and oxygen atoms in total. The van der Waals surface area contributed by atoms with E-state index in [1.54, 1.807) is 47.6 Å². The molecule has 25 heavy (non-hydrogen) atoms. The fourth-order valence-electron chi connectivity index (χ4n) is 2.82. The number of pyridine rings is 1. The summed E-state index contributed by atoms with van der Waals surface area (Å²) in [5, 5.41) is 0.195. The molecule has 1 fully saturated rings. The minimum atomic E-state index is -3.67. The second-order valence-corrected chi connectivity index (χ2v) is 7.94. The first-order chi connectivity index (χ1) is 12.0. The Kier molecular flexibility index (Phi) is 5.36. The summed E-state index contributed by atoms with van der Waals surface area (Å²) in [5.41, 5.74) is 0.588. The number of nitrogens with zero attached hydrogens (tertiary/aromatic N) is 2. The standard InChI is InChI=1S/C17H18ClN3O3S/c18-15-3-1-2-4-16(15)25(23,24)20-14-7-11-21(12-8-14)17(22)13-5-9-19-10-6-13/h1-6,9-10,14,20H,7-8,11-12H2. The Hall–Kier alpha value is -1.96. The van der Waals surface area contributed by atoms with Crippen molar-refractivity contribution in [1.29, 1.82) is 0 Å². The average molecular weight is 380 g/mol. The molecule has 1 N–H and O–H groups in total. The number of piperidine rings is 1. The molecule has 2 heterocycles. The number of amides is 1. The topological polar surface area (TPSA) is 79.4 Å². The Morgan fingerprint density at radius 1 is 1.12 bits per heavy atom. The molecular weight excluding hydrogens is 362 g/mol. The van der Waals surface area contributed by atoms with Gasteiger partial charge in [0.1, 0.15) is 4.90 Å². The largest absolute Gasteiger partial charge is 0.339 e. The predicted octanol–water partition coefficient (Wildman–Crippen LogP) is 2.32. The second kappa shape index (κ2) is 7.51. The lowest BCUT2D eigenvalue weighted by Gasteiger charge is -2.32. The molecule has 1 amide bonds. The number of carbonyl (C=O) groups excluding carboxylic acids is 1. The first-order valence-corrected chi connectivity index (χ1v) is 9.79. The number of aromatic nitrogens is 1. The van der Waals surface area contributed by atoms with Gasteiger partial charge in [0, 0.05) is 37.1 Å². The molecule has 0 bridgehead atoms. The lowest BCUT2D eigenvalue weighted by atomic mass is 10.1. The summed E-state index contributed by atoms with van der Waals surface area (Å²) in [6, 6.07) is 9.48. The van der Waals surface area contributed by atoms with Crippen LogP contribution in [0.25, 0.3) is 0 Å². The Bertz CT molecular complexity index is 850. The van der Waals surface area contributed by atoms with Crippen LogP contribution in [0.2, 0.25) is 5.02 Å². The Labute approximate surface area is 151 Å². The van der Waals surface area contributed by atoms with E-state index in [0.717, 1.165) is 0 Å². The molecule has 0 spiro atoms. The van der Waals surface area contributed by atoms with Crippen molar-refractivity contribution in [3.05, 3.63) is 59.4 Å². The Morgan fingerprint density at radius 2 is 1.76 bits per heavy atom. The van der Waals surface area contributed by atoms with E-state index in [0.29, 0.717) is 31.5 Å². The molecule has 0 saturated carbocycles. The Morgan fingerprint density at radius 3 is 2.40 bits per heavy atom. The van der Waals surface area contributed by atoms with Crippen molar-refractivity contribution >= 4 is 27.5 Å². The van der Waals surface area contributed by atoms with Gasteiger partial charge in [-0.1, -0.05) is 23.7 Å². The van der Waals surface area contributed by atoms with Crippen molar-refractivity contribution < 1.29 is 13.2 Å². The maximum absolute atomic E-state index is 12.5. The number of likely N-dealkylation sites (tertiary alicyclic amines) is 1. The number of carbonyl (C=O) groups is 1. The highest BCUT2D eigenvalue weighted by Gasteiger charge is 2.27. The molecule has 132 valence electrons. The zero-order valence-electron chi connectivity index (χ0n) is 13.4. The van der Waals surface area contributed by atoms with E-state index in [1.807, 2.05) is 0 Å². The van der Waals surface area contributed by atoms with Crippen LogP contribution in [-0.2, 0) is 10.0 Å². The molecule has 1 aromatic heterocycles. The molecular formula is C17H18ClN3O3S. The van der Waals surface area contributed by atoms with Crippen LogP contribution in [0.1, 0.15) is 23.2 Å². The average Bonchev–Trinajstić information content (AvgIpc) is 2.62. The van der Waals surface area contributed by atoms with Crippen molar-refractivity contribution in [1.82, 2.24) is 14.6 Å². The van der Waals surface area contributed by atoms with E-state index in [-0.39, 0.29) is 21.9 Å². The molecule has 0 aliphatic carbocycles. The minimum Gasteiger partial charge on any atom is -0.339 e. The zero-order chi connectivity index (χ0) is 17.9. The van der Waals surface area contributed by atoms with Crippen molar-refractivity contribution in [2.75, 3.05) is 13.1 Å². The van der Waals surface area contributed by atoms with Gasteiger partial charge in [-0.3, -0.25) is 9.78 Å². The van der Waals surface area contributed by atoms with Crippen molar-refractivity contribution in [3.63, 3.8) is 0 Å². The Balaban J connectivity index is 1.61. The number of sulfonamides is 1. The summed E-state index contributed by atoms with van der Waals surface area (Å²) in [4.78, 5) is 18.1. The zero-order valence-corrected chi connectivity index (χ0v) is 15.0. The van der Waals surface area contributed by atoms with Gasteiger partial charge in [-0.15, -0.1) is 0 Å². The molecule has 0 radical (unpaired) electrons. The van der Waals surface area contributed by atoms with Gasteiger partial charge < -0.3 is 4.90 Å². The van der Waals surface area contributed by atoms with Crippen LogP contribution < -0.4 is 4.72 Å². The van der Waals surface area contributed by atoms with Gasteiger partial charge in [-0.25, -0.2) is 13.1 Å². The smallest absolute Gasteiger partial charge is 0.253 e. The summed E-state index contributed by atoms with van der Waals surface area (Å²) in [5.74, 6) is -0.0604. The van der Waals surface area contributed by atoms with Crippen molar-refractivity contribution in [2.24, 2.45) is 0 Å². The summed E-state index contributed by atoms with van der Waals surface area (Å²) in [6.07, 6.45) is 4.27. The molecule has 1 aliphatic rings. The van der Waals surface area contributed by atoms with Crippen LogP contribution >= 0.6 is 11.6 Å². The van der Waals surface area contributed by atoms with E-state index in [2.05, 4.69) is 9.71 Å². The molecule has 1 saturated heterocycles. The molecule has 0 atom stereocenters. The first-order valence-electron chi connectivity index (χ1n) is 7.93. The van der Waals surface area contributed by atoms with Gasteiger partial charge in [0.05, 0.1) is 5.02 Å². The van der Waals surface area contributed by atoms with Crippen LogP contribution in [0.5, 0.6) is 0 Å². The summed E-state index contributed by atoms with van der Waals surface area (Å²) in [7, 11) is -3.67. The molecule has 0 unspecified atom stereocenters. The molecule has 8 heteroatoms. The van der Waals surface area contributed by atoms with E-state index in [1.165, 1.54) is 6.07 Å². The second-order valence-electron chi connectivity index (χ2n) is 5.85. The lowest BCUT2D eigenvalue weighted by Crippen LogP contribution is -2.46. The predicted molar refractivity (Wildman–Crippen MR) is 94.9 cm³/mol. The number of benzene rings is 1. The highest BCUT2D eigenvalue weighted by atomic mass is 35.5. The van der Waals surface area contributed by atoms with Crippen molar-refractivity contribution in [2.45, 2.75) is 23.8 Å². The molecule has 2 aromatic rings. The van der Waals surface area contributed by atoms with Gasteiger partial charge in [0.15, 0.2) is 0 Å². The highest BCUT2D eigenvalue weighted by Crippen LogP contribution is 2.22. The normalized spacial score (nSPS) is 16.0. The van der Waals surface area contributed by atoms with Gasteiger partial charge in [0.25, 0.3) is 5.91 Å². The quantitative estimate of drug-likeness (QED) is 0.884. The van der Waals surface area contributed by atoms with Crippen LogP contribution in [0.15, 0.2) is 53.7 Å². The number of nitrogens with one attached hydrogen (secondary N) is 1. The van der Waals surface area contributed by atoms with Gasteiger partial charge in [-0.2, -0.15) is 0 Å². The highest BCUT2D eigenvalue weighted by molar-refractivity contribution is 7.89. The van der Waals surface area contributed by atoms with Crippen LogP contribution in [-0.4, -0.2) is 43.3 Å². The van der Waals surface area contributed by atoms with Gasteiger partial charge >= 0.3 is 0 Å². The maximum Gasteiger partial charge on any atom is 0.253 e. The number of halogens is 1. The van der Waals surface area contributed by atoms with Gasteiger partial charge in [-0.05, 0) is 37.1 Å². The first kappa shape index (κ1) is 17.8. The third-order valence-corrected chi connectivity index (χ3v) is 6.18. The lowest BCUT2D eigenvalue weighted by molar-refractivity contribution is 0.0711. The van der Waals surface area contributed by atoms with E-state index < -0.39 is 10.0 Å². The monoisotopic (exact) mass is 379 g/mol. The molecule has 3 rings (SSSR count). The summed E-state index contributed by atoms with van der Waals surface area (Å²) in [6.45, 7) is 0.994. The fraction of sp³-hybridized carbons (Fsp3) is 0.294. The summed E-state index contributed by atoms with van der Waals surface area (Å²) >= 11 is 5.98. The number of hydrogen-bond donors (Lipinski definition) is 1. The molecule has 1 aromatic carbocycles. The third-order valence-electron chi connectivity index (χ3n) is 4.16. The van der Waals surface area contributed by atoms with Crippen LogP contribution in [0.4, 0.5) is 0 Å². The fourth-order valence-corrected chi connectivity index (χ4v) is 4.65. The molecule has 1 aliphatic heterocycles. The van der Waals surface area contributed by atoms with Crippen molar-refractivity contribution in [3.8, 4) is 0 Å². The minimum absolute atomic E-state index is 0.0604. The maximum atomic E-state index is 12.5. The van der Waals surface area contributed by atoms with E-state index in [4.69, 9.17) is 11.6 Å². The third kappa shape index (κ3) is 4.18. The number of hydrogen-bond acceptors (Lipinski definition) is 4. The van der Waals surface area contributed by atoms with Gasteiger partial charge in [0.2, 0.25) is 10.0 Å².